The molecule has 0 aliphatic carbocycles. The van der Waals surface area contributed by atoms with Crippen molar-refractivity contribution in [3.63, 3.8) is 0 Å². The number of fused-ring (bicyclic) bond motifs is 1. The van der Waals surface area contributed by atoms with Crippen LogP contribution in [-0.2, 0) is 32.6 Å². The zero-order valence-corrected chi connectivity index (χ0v) is 16.1. The van der Waals surface area contributed by atoms with E-state index < -0.39 is 0 Å². The molecule has 3 aromatic carbocycles. The zero-order chi connectivity index (χ0) is 12.5. The molecule has 3 aromatic rings. The van der Waals surface area contributed by atoms with Crippen molar-refractivity contribution < 1.29 is 51.0 Å². The molecular weight excluding hydrogens is 378 g/mol. The van der Waals surface area contributed by atoms with Crippen LogP contribution in [0.25, 0.3) is 10.8 Å². The number of hydrogen-bond acceptors (Lipinski definition) is 0. The fourth-order valence-corrected chi connectivity index (χ4v) is 2.72. The third kappa shape index (κ3) is 5.02. The summed E-state index contributed by atoms with van der Waals surface area (Å²) in [7, 11) is 0. The van der Waals surface area contributed by atoms with Gasteiger partial charge in [-0.25, -0.2) is 0 Å². The Kier molecular flexibility index (Phi) is 8.63. The van der Waals surface area contributed by atoms with Gasteiger partial charge in [-0.05, 0) is 25.8 Å². The van der Waals surface area contributed by atoms with E-state index in [4.69, 9.17) is 0 Å². The number of halogens is 2. The molecule has 0 unspecified atom stereocenters. The predicted octanol–water partition coefficient (Wildman–Crippen LogP) is -1.23. The Balaban J connectivity index is 0.00000133. The second kappa shape index (κ2) is 8.83. The van der Waals surface area contributed by atoms with Gasteiger partial charge in [0.15, 0.2) is 0 Å². The Morgan fingerprint density at radius 3 is 2.10 bits per heavy atom. The molecule has 3 heteroatoms. The SMILES string of the molecule is Cc1cc(C)cc(Cc2cc3ccccc3[cH-]2)c1.[Cl-].[Cl-].[Zr+3]. The smallest absolute Gasteiger partial charge is 1.00 e. The van der Waals surface area contributed by atoms with E-state index in [2.05, 4.69) is 68.4 Å². The van der Waals surface area contributed by atoms with Crippen LogP contribution in [-0.4, -0.2) is 0 Å². The van der Waals surface area contributed by atoms with Gasteiger partial charge in [-0.1, -0.05) is 35.4 Å². The number of rotatable bonds is 2. The van der Waals surface area contributed by atoms with E-state index in [0.29, 0.717) is 0 Å². The van der Waals surface area contributed by atoms with Crippen LogP contribution < -0.4 is 24.8 Å². The summed E-state index contributed by atoms with van der Waals surface area (Å²) in [6.45, 7) is 4.33. The first-order chi connectivity index (χ1) is 8.70. The first-order valence-corrected chi connectivity index (χ1v) is 6.42. The molecule has 0 saturated carbocycles. The molecule has 0 saturated heterocycles. The largest absolute Gasteiger partial charge is 3.00 e. The van der Waals surface area contributed by atoms with E-state index in [-0.39, 0.29) is 51.0 Å². The molecule has 21 heavy (non-hydrogen) atoms. The third-order valence-electron chi connectivity index (χ3n) is 3.37. The summed E-state index contributed by atoms with van der Waals surface area (Å²) in [5.41, 5.74) is 5.51. The van der Waals surface area contributed by atoms with Crippen LogP contribution in [0, 0.1) is 13.8 Å². The Labute approximate surface area is 158 Å². The maximum absolute atomic E-state index is 2.30. The van der Waals surface area contributed by atoms with Crippen molar-refractivity contribution in [2.45, 2.75) is 20.3 Å². The molecular formula is C18H17Cl2Zr. The maximum atomic E-state index is 2.30. The molecule has 107 valence electrons. The van der Waals surface area contributed by atoms with Gasteiger partial charge in [0.25, 0.3) is 0 Å². The summed E-state index contributed by atoms with van der Waals surface area (Å²) in [5, 5.41) is 2.69. The maximum Gasteiger partial charge on any atom is 3.00 e. The average Bonchev–Trinajstić information content (AvgIpc) is 2.69. The van der Waals surface area contributed by atoms with Gasteiger partial charge in [-0.3, -0.25) is 0 Å². The minimum absolute atomic E-state index is 0. The van der Waals surface area contributed by atoms with Crippen molar-refractivity contribution >= 4 is 10.8 Å². The second-order valence-electron chi connectivity index (χ2n) is 5.17. The standard InChI is InChI=1S/C18H17.2ClH.Zr/c1-13-7-14(2)9-15(8-13)10-16-11-17-5-3-4-6-18(17)12-16;;;/h3-9,11-12H,10H2,1-2H3;2*1H;/q-1;;;+3/p-2. The molecule has 0 bridgehead atoms. The van der Waals surface area contributed by atoms with E-state index in [1.165, 1.54) is 33.0 Å². The molecule has 0 fully saturated rings. The van der Waals surface area contributed by atoms with Crippen LogP contribution in [0.15, 0.2) is 54.6 Å². The van der Waals surface area contributed by atoms with E-state index in [0.717, 1.165) is 6.42 Å². The van der Waals surface area contributed by atoms with Crippen molar-refractivity contribution in [2.75, 3.05) is 0 Å². The Morgan fingerprint density at radius 1 is 0.857 bits per heavy atom. The van der Waals surface area contributed by atoms with Gasteiger partial charge >= 0.3 is 26.2 Å². The molecule has 0 amide bonds. The second-order valence-corrected chi connectivity index (χ2v) is 5.17. The molecule has 0 atom stereocenters. The quantitative estimate of drug-likeness (QED) is 0.477. The van der Waals surface area contributed by atoms with Crippen LogP contribution in [0.4, 0.5) is 0 Å². The molecule has 0 aromatic heterocycles. The predicted molar refractivity (Wildman–Crippen MR) is 78.3 cm³/mol. The van der Waals surface area contributed by atoms with Gasteiger partial charge in [-0.2, -0.15) is 6.07 Å². The van der Waals surface area contributed by atoms with Crippen LogP contribution in [0.1, 0.15) is 22.3 Å². The first kappa shape index (κ1) is 20.5. The topological polar surface area (TPSA) is 0 Å². The molecule has 0 aliphatic heterocycles. The molecule has 0 nitrogen and oxygen atoms in total. The van der Waals surface area contributed by atoms with Crippen molar-refractivity contribution in [2.24, 2.45) is 0 Å². The fraction of sp³-hybridized carbons (Fsp3) is 0.167. The number of hydrogen-bond donors (Lipinski definition) is 0. The normalized spacial score (nSPS) is 9.43. The summed E-state index contributed by atoms with van der Waals surface area (Å²) in [6, 6.07) is 20.0. The van der Waals surface area contributed by atoms with Crippen LogP contribution in [0.5, 0.6) is 0 Å². The summed E-state index contributed by atoms with van der Waals surface area (Å²) in [5.74, 6) is 0. The van der Waals surface area contributed by atoms with E-state index in [1.807, 2.05) is 0 Å². The van der Waals surface area contributed by atoms with Crippen molar-refractivity contribution in [1.29, 1.82) is 0 Å². The molecule has 1 radical (unpaired) electrons. The van der Waals surface area contributed by atoms with Gasteiger partial charge in [0, 0.05) is 0 Å². The Hall–Kier alpha value is -0.487. The zero-order valence-electron chi connectivity index (χ0n) is 12.2. The van der Waals surface area contributed by atoms with Crippen LogP contribution in [0.2, 0.25) is 0 Å². The van der Waals surface area contributed by atoms with Crippen LogP contribution in [0.3, 0.4) is 0 Å². The Bertz CT molecular complexity index is 648. The van der Waals surface area contributed by atoms with E-state index in [9.17, 15) is 0 Å². The first-order valence-electron chi connectivity index (χ1n) is 6.42. The molecule has 0 spiro atoms. The van der Waals surface area contributed by atoms with E-state index in [1.54, 1.807) is 0 Å². The van der Waals surface area contributed by atoms with Gasteiger partial charge in [0.2, 0.25) is 0 Å². The number of aryl methyl sites for hydroxylation is 2. The summed E-state index contributed by atoms with van der Waals surface area (Å²) < 4.78 is 0. The van der Waals surface area contributed by atoms with Crippen molar-refractivity contribution in [3.05, 3.63) is 76.9 Å². The van der Waals surface area contributed by atoms with Crippen molar-refractivity contribution in [3.8, 4) is 0 Å². The van der Waals surface area contributed by atoms with Crippen molar-refractivity contribution in [1.82, 2.24) is 0 Å². The average molecular weight is 395 g/mol. The molecule has 3 rings (SSSR count). The Morgan fingerprint density at radius 2 is 1.48 bits per heavy atom. The summed E-state index contributed by atoms with van der Waals surface area (Å²) >= 11 is 0. The van der Waals surface area contributed by atoms with Gasteiger partial charge in [0.05, 0.1) is 0 Å². The van der Waals surface area contributed by atoms with Gasteiger partial charge in [0.1, 0.15) is 0 Å². The van der Waals surface area contributed by atoms with Gasteiger partial charge in [-0.15, -0.1) is 40.6 Å². The monoisotopic (exact) mass is 393 g/mol. The minimum Gasteiger partial charge on any atom is -1.00 e. The molecule has 0 N–H and O–H groups in total. The molecule has 0 aliphatic rings. The van der Waals surface area contributed by atoms with Crippen LogP contribution >= 0.6 is 0 Å². The third-order valence-corrected chi connectivity index (χ3v) is 3.37. The summed E-state index contributed by atoms with van der Waals surface area (Å²) in [4.78, 5) is 0. The minimum atomic E-state index is 0. The fourth-order valence-electron chi connectivity index (χ4n) is 2.72. The molecule has 0 heterocycles. The van der Waals surface area contributed by atoms with E-state index >= 15 is 0 Å². The van der Waals surface area contributed by atoms with Gasteiger partial charge < -0.3 is 24.8 Å². The summed E-state index contributed by atoms with van der Waals surface area (Å²) in [6.07, 6.45) is 1.02. The number of benzene rings is 2.